The van der Waals surface area contributed by atoms with E-state index in [-0.39, 0.29) is 0 Å². The van der Waals surface area contributed by atoms with Gasteiger partial charge in [0.25, 0.3) is 0 Å². The fraction of sp³-hybridized carbons (Fsp3) is 0. The first-order valence-corrected chi connectivity index (χ1v) is 17.8. The number of hydrogen-bond donors (Lipinski definition) is 0. The van der Waals surface area contributed by atoms with Gasteiger partial charge >= 0.3 is 0 Å². The maximum Gasteiger partial charge on any atom is 0.115 e. The molecule has 0 N–H and O–H groups in total. The Kier molecular flexibility index (Phi) is 7.30. The molecule has 10 rings (SSSR count). The van der Waals surface area contributed by atoms with Crippen molar-refractivity contribution in [3.05, 3.63) is 176 Å². The molecule has 0 saturated heterocycles. The predicted molar refractivity (Wildman–Crippen MR) is 228 cm³/mol. The molecular weight excluding hydrogens is 637 g/mol. The van der Waals surface area contributed by atoms with Crippen molar-refractivity contribution in [3.8, 4) is 44.8 Å². The maximum atomic E-state index is 7.41. The summed E-state index contributed by atoms with van der Waals surface area (Å²) in [4.78, 5) is 0. The molecule has 8 aromatic carbocycles. The minimum absolute atomic E-state index is 0.466. The van der Waals surface area contributed by atoms with Crippen LogP contribution in [-0.2, 0) is 0 Å². The van der Waals surface area contributed by atoms with Crippen molar-refractivity contribution >= 4 is 83.5 Å². The van der Waals surface area contributed by atoms with Crippen LogP contribution >= 0.6 is 0 Å². The average molecular weight is 666 g/mol. The van der Waals surface area contributed by atoms with E-state index in [4.69, 9.17) is 23.5 Å². The number of aromatic nitrogens is 2. The van der Waals surface area contributed by atoms with Gasteiger partial charge in [-0.1, -0.05) is 150 Å². The normalized spacial score (nSPS) is 11.6. The number of benzene rings is 8. The molecule has 0 aliphatic rings. The second-order valence-electron chi connectivity index (χ2n) is 13.5. The third-order valence-electron chi connectivity index (χ3n) is 10.6. The zero-order valence-electron chi connectivity index (χ0n) is 28.9. The van der Waals surface area contributed by atoms with Gasteiger partial charge in [0.15, 0.2) is 0 Å². The van der Waals surface area contributed by atoms with Crippen molar-refractivity contribution in [1.82, 2.24) is 9.13 Å². The lowest BCUT2D eigenvalue weighted by molar-refractivity contribution is 1.18. The lowest BCUT2D eigenvalue weighted by Crippen LogP contribution is -2.35. The van der Waals surface area contributed by atoms with E-state index < -0.39 is 0 Å². The molecule has 5 heteroatoms. The van der Waals surface area contributed by atoms with Crippen LogP contribution in [0.3, 0.4) is 0 Å². The lowest BCUT2D eigenvalue weighted by atomic mass is 9.69. The Labute approximate surface area is 312 Å². The van der Waals surface area contributed by atoms with Gasteiger partial charge in [0.2, 0.25) is 0 Å². The summed E-state index contributed by atoms with van der Waals surface area (Å²) in [7, 11) is 21.7. The molecular formula is C48H29B3N2. The van der Waals surface area contributed by atoms with E-state index in [9.17, 15) is 0 Å². The summed E-state index contributed by atoms with van der Waals surface area (Å²) in [5.41, 5.74) is 13.9. The van der Waals surface area contributed by atoms with E-state index in [1.165, 1.54) is 5.56 Å². The van der Waals surface area contributed by atoms with E-state index in [1.54, 1.807) is 0 Å². The highest BCUT2D eigenvalue weighted by atomic mass is 15.0. The van der Waals surface area contributed by atoms with Crippen molar-refractivity contribution in [2.24, 2.45) is 0 Å². The van der Waals surface area contributed by atoms with Gasteiger partial charge in [0, 0.05) is 38.3 Å². The summed E-state index contributed by atoms with van der Waals surface area (Å²) in [5, 5.41) is 4.18. The fourth-order valence-corrected chi connectivity index (χ4v) is 8.32. The van der Waals surface area contributed by atoms with Crippen LogP contribution in [0, 0.1) is 0 Å². The van der Waals surface area contributed by atoms with Crippen molar-refractivity contribution in [2.45, 2.75) is 0 Å². The summed E-state index contributed by atoms with van der Waals surface area (Å²) < 4.78 is 4.56. The third kappa shape index (κ3) is 4.77. The smallest absolute Gasteiger partial charge is 0.115 e. The Balaban J connectivity index is 1.27. The van der Waals surface area contributed by atoms with Crippen molar-refractivity contribution in [2.75, 3.05) is 0 Å². The molecule has 2 nitrogen and oxygen atoms in total. The molecule has 0 aliphatic heterocycles. The highest BCUT2D eigenvalue weighted by Gasteiger charge is 2.24. The topological polar surface area (TPSA) is 9.86 Å². The van der Waals surface area contributed by atoms with E-state index in [0.29, 0.717) is 16.4 Å². The quantitative estimate of drug-likeness (QED) is 0.162. The Morgan fingerprint density at radius 2 is 0.943 bits per heavy atom. The van der Waals surface area contributed by atoms with E-state index in [2.05, 4.69) is 161 Å². The third-order valence-corrected chi connectivity index (χ3v) is 10.6. The molecule has 240 valence electrons. The maximum absolute atomic E-state index is 7.41. The lowest BCUT2D eigenvalue weighted by Gasteiger charge is -2.19. The minimum atomic E-state index is 0.466. The van der Waals surface area contributed by atoms with Gasteiger partial charge in [0.05, 0.1) is 22.2 Å². The van der Waals surface area contributed by atoms with Gasteiger partial charge in [-0.3, -0.25) is 0 Å². The summed E-state index contributed by atoms with van der Waals surface area (Å²) in [6, 6.07) is 61.3. The van der Waals surface area contributed by atoms with Crippen LogP contribution in [0.5, 0.6) is 0 Å². The van der Waals surface area contributed by atoms with Crippen LogP contribution in [0.1, 0.15) is 0 Å². The van der Waals surface area contributed by atoms with Crippen molar-refractivity contribution < 1.29 is 0 Å². The number of nitrogens with zero attached hydrogens (tertiary/aromatic N) is 2. The molecule has 0 bridgehead atoms. The first kappa shape index (κ1) is 31.3. The molecule has 6 radical (unpaired) electrons. The van der Waals surface area contributed by atoms with Gasteiger partial charge in [0.1, 0.15) is 23.5 Å². The second kappa shape index (κ2) is 12.4. The van der Waals surface area contributed by atoms with Crippen LogP contribution in [-0.4, -0.2) is 32.7 Å². The minimum Gasteiger partial charge on any atom is -0.310 e. The van der Waals surface area contributed by atoms with Gasteiger partial charge in [-0.2, -0.15) is 0 Å². The van der Waals surface area contributed by atoms with Crippen LogP contribution in [0.2, 0.25) is 0 Å². The Morgan fingerprint density at radius 3 is 1.70 bits per heavy atom. The molecule has 0 atom stereocenters. The highest BCUT2D eigenvalue weighted by Crippen LogP contribution is 2.40. The van der Waals surface area contributed by atoms with E-state index >= 15 is 0 Å². The molecule has 53 heavy (non-hydrogen) atoms. The monoisotopic (exact) mass is 666 g/mol. The van der Waals surface area contributed by atoms with Crippen molar-refractivity contribution in [1.29, 1.82) is 0 Å². The summed E-state index contributed by atoms with van der Waals surface area (Å²) in [6.07, 6.45) is 0. The molecule has 0 saturated carbocycles. The van der Waals surface area contributed by atoms with E-state index in [1.807, 2.05) is 24.3 Å². The SMILES string of the molecule is [B]c1c(-c2ccc3c(c2)c2ccccc2n3-c2ccccc2-c2ccccc2)c([B])c2c3c(-c4ccccc4)cccc3n(-c3ccccc3)c2c1[B]. The average Bonchev–Trinajstić information content (AvgIpc) is 3.75. The van der Waals surface area contributed by atoms with Crippen LogP contribution in [0.4, 0.5) is 0 Å². The highest BCUT2D eigenvalue weighted by molar-refractivity contribution is 6.60. The second-order valence-corrected chi connectivity index (χ2v) is 13.5. The molecule has 10 aromatic rings. The standard InChI is InChI=1S/C48H29B3N2/c49-45-42(32-27-28-40-37(29-32)36-22-11-13-25-39(36)53(40)38-24-12-10-21-34(38)30-15-4-1-5-16-30)46(50)47(51)48-44(45)43-35(31-17-6-2-7-18-31)23-14-26-41(43)52(48)33-19-8-3-9-20-33/h1-29H. The van der Waals surface area contributed by atoms with Crippen molar-refractivity contribution in [3.63, 3.8) is 0 Å². The number of rotatable bonds is 5. The summed E-state index contributed by atoms with van der Waals surface area (Å²) in [6.45, 7) is 0. The summed E-state index contributed by atoms with van der Waals surface area (Å²) >= 11 is 0. The predicted octanol–water partition coefficient (Wildman–Crippen LogP) is 9.26. The van der Waals surface area contributed by atoms with E-state index in [0.717, 1.165) is 82.8 Å². The molecule has 0 unspecified atom stereocenters. The molecule has 2 aromatic heterocycles. The molecule has 0 fully saturated rings. The van der Waals surface area contributed by atoms with Crippen LogP contribution in [0.15, 0.2) is 176 Å². The zero-order chi connectivity index (χ0) is 35.6. The molecule has 0 spiro atoms. The fourth-order valence-electron chi connectivity index (χ4n) is 8.32. The van der Waals surface area contributed by atoms with Gasteiger partial charge < -0.3 is 9.13 Å². The van der Waals surface area contributed by atoms with Crippen LogP contribution < -0.4 is 16.4 Å². The van der Waals surface area contributed by atoms with Crippen LogP contribution in [0.25, 0.3) is 88.4 Å². The van der Waals surface area contributed by atoms with Gasteiger partial charge in [-0.15, -0.1) is 0 Å². The zero-order valence-corrected chi connectivity index (χ0v) is 28.9. The Bertz CT molecular complexity index is 3020. The largest absolute Gasteiger partial charge is 0.310 e. The Hall–Kier alpha value is -6.45. The molecule has 2 heterocycles. The van der Waals surface area contributed by atoms with Gasteiger partial charge in [-0.25, -0.2) is 0 Å². The summed E-state index contributed by atoms with van der Waals surface area (Å²) in [5.74, 6) is 0. The number of para-hydroxylation sites is 3. The van der Waals surface area contributed by atoms with Gasteiger partial charge in [-0.05, 0) is 70.3 Å². The molecule has 0 amide bonds. The first-order valence-electron chi connectivity index (χ1n) is 17.8. The number of fused-ring (bicyclic) bond motifs is 6. The number of hydrogen-bond acceptors (Lipinski definition) is 0. The molecule has 0 aliphatic carbocycles. The first-order chi connectivity index (χ1) is 26.1. The Morgan fingerprint density at radius 1 is 0.358 bits per heavy atom.